The lowest BCUT2D eigenvalue weighted by Crippen LogP contribution is -2.55. The van der Waals surface area contributed by atoms with Crippen LogP contribution in [0.2, 0.25) is 0 Å². The number of carbonyl (C=O) groups is 2. The molecule has 2 saturated carbocycles. The van der Waals surface area contributed by atoms with Crippen LogP contribution < -0.4 is 5.32 Å². The van der Waals surface area contributed by atoms with E-state index < -0.39 is 0 Å². The summed E-state index contributed by atoms with van der Waals surface area (Å²) in [5.74, 6) is 0.515. The fourth-order valence-corrected chi connectivity index (χ4v) is 4.14. The fraction of sp³-hybridized carbons (Fsp3) is 0.632. The molecule has 2 aliphatic carbocycles. The molecular weight excluding hydrogens is 316 g/mol. The molecule has 1 N–H and O–H groups in total. The highest BCUT2D eigenvalue weighted by molar-refractivity contribution is 5.85. The molecule has 6 heteroatoms. The molecule has 1 saturated heterocycles. The molecule has 1 aromatic heterocycles. The quantitative estimate of drug-likeness (QED) is 0.913. The lowest BCUT2D eigenvalue weighted by atomic mass is 9.95. The first-order chi connectivity index (χ1) is 12.2. The fourth-order valence-electron chi connectivity index (χ4n) is 4.14. The molecule has 0 radical (unpaired) electrons. The second-order valence-electron chi connectivity index (χ2n) is 7.47. The number of hydrogen-bond acceptors (Lipinski definition) is 3. The molecule has 25 heavy (non-hydrogen) atoms. The number of rotatable bonds is 4. The Labute approximate surface area is 148 Å². The molecule has 1 atom stereocenters. The summed E-state index contributed by atoms with van der Waals surface area (Å²) in [6.07, 6.45) is 8.67. The summed E-state index contributed by atoms with van der Waals surface area (Å²) in [5.41, 5.74) is 0.922. The van der Waals surface area contributed by atoms with Crippen molar-refractivity contribution in [3.05, 3.63) is 30.1 Å². The van der Waals surface area contributed by atoms with Gasteiger partial charge < -0.3 is 15.1 Å². The molecule has 0 aromatic carbocycles. The molecule has 1 aliphatic heterocycles. The lowest BCUT2D eigenvalue weighted by Gasteiger charge is -2.36. The Morgan fingerprint density at radius 2 is 1.96 bits per heavy atom. The van der Waals surface area contributed by atoms with E-state index in [0.717, 1.165) is 31.4 Å². The molecule has 3 aliphatic rings. The second kappa shape index (κ2) is 7.02. The lowest BCUT2D eigenvalue weighted by molar-refractivity contribution is -0.135. The Balaban J connectivity index is 1.42. The molecular formula is C19H26N4O2. The van der Waals surface area contributed by atoms with Crippen molar-refractivity contribution in [1.29, 1.82) is 0 Å². The number of nitrogens with one attached hydrogen (secondary N) is 1. The highest BCUT2D eigenvalue weighted by Crippen LogP contribution is 2.35. The molecule has 2 heterocycles. The molecule has 0 unspecified atom stereocenters. The van der Waals surface area contributed by atoms with Gasteiger partial charge in [-0.05, 0) is 43.7 Å². The van der Waals surface area contributed by atoms with Gasteiger partial charge in [0.05, 0.1) is 11.7 Å². The Morgan fingerprint density at radius 3 is 2.60 bits per heavy atom. The molecule has 3 fully saturated rings. The molecule has 4 rings (SSSR count). The van der Waals surface area contributed by atoms with Crippen molar-refractivity contribution in [2.75, 3.05) is 19.6 Å². The zero-order valence-corrected chi connectivity index (χ0v) is 14.6. The van der Waals surface area contributed by atoms with Crippen molar-refractivity contribution in [3.8, 4) is 0 Å². The van der Waals surface area contributed by atoms with Crippen LogP contribution in [-0.2, 0) is 4.79 Å². The maximum absolute atomic E-state index is 12.8. The van der Waals surface area contributed by atoms with Gasteiger partial charge in [0.25, 0.3) is 0 Å². The van der Waals surface area contributed by atoms with Gasteiger partial charge in [-0.1, -0.05) is 18.9 Å². The molecule has 1 aromatic rings. The van der Waals surface area contributed by atoms with Crippen LogP contribution in [-0.4, -0.2) is 52.4 Å². The van der Waals surface area contributed by atoms with Crippen LogP contribution in [0.4, 0.5) is 4.79 Å². The first-order valence-electron chi connectivity index (χ1n) is 9.48. The van der Waals surface area contributed by atoms with Crippen LogP contribution in [0.1, 0.15) is 50.3 Å². The SMILES string of the molecule is O=C(N[C@H](c1ccccn1)C1CCCC1)N1CCN(C2CC2)C(=O)C1. The van der Waals surface area contributed by atoms with Crippen LogP contribution in [0.5, 0.6) is 0 Å². The summed E-state index contributed by atoms with van der Waals surface area (Å²) in [7, 11) is 0. The summed E-state index contributed by atoms with van der Waals surface area (Å²) in [5, 5.41) is 3.18. The third-order valence-corrected chi connectivity index (χ3v) is 5.69. The zero-order chi connectivity index (χ0) is 17.2. The topological polar surface area (TPSA) is 65.5 Å². The summed E-state index contributed by atoms with van der Waals surface area (Å²) in [6.45, 7) is 1.48. The van der Waals surface area contributed by atoms with E-state index in [9.17, 15) is 9.59 Å². The van der Waals surface area contributed by atoms with Crippen molar-refractivity contribution in [2.24, 2.45) is 5.92 Å². The average molecular weight is 342 g/mol. The van der Waals surface area contributed by atoms with Crippen molar-refractivity contribution < 1.29 is 9.59 Å². The number of aromatic nitrogens is 1. The summed E-state index contributed by atoms with van der Waals surface area (Å²) >= 11 is 0. The molecule has 6 nitrogen and oxygen atoms in total. The first kappa shape index (κ1) is 16.4. The summed E-state index contributed by atoms with van der Waals surface area (Å²) in [6, 6.07) is 6.08. The number of piperazine rings is 1. The maximum Gasteiger partial charge on any atom is 0.318 e. The largest absolute Gasteiger partial charge is 0.336 e. The third-order valence-electron chi connectivity index (χ3n) is 5.69. The Hall–Kier alpha value is -2.11. The number of carbonyl (C=O) groups excluding carboxylic acids is 2. The van der Waals surface area contributed by atoms with E-state index in [1.165, 1.54) is 12.8 Å². The minimum absolute atomic E-state index is 0.0623. The number of pyridine rings is 1. The van der Waals surface area contributed by atoms with E-state index >= 15 is 0 Å². The van der Waals surface area contributed by atoms with Gasteiger partial charge in [0.15, 0.2) is 0 Å². The number of urea groups is 1. The second-order valence-corrected chi connectivity index (χ2v) is 7.47. The van der Waals surface area contributed by atoms with E-state index in [-0.39, 0.29) is 24.5 Å². The van der Waals surface area contributed by atoms with Gasteiger partial charge in [0.1, 0.15) is 6.54 Å². The van der Waals surface area contributed by atoms with E-state index in [0.29, 0.717) is 25.0 Å². The van der Waals surface area contributed by atoms with Gasteiger partial charge in [-0.2, -0.15) is 0 Å². The summed E-state index contributed by atoms with van der Waals surface area (Å²) < 4.78 is 0. The number of nitrogens with zero attached hydrogens (tertiary/aromatic N) is 3. The van der Waals surface area contributed by atoms with Gasteiger partial charge in [-0.3, -0.25) is 9.78 Å². The van der Waals surface area contributed by atoms with E-state index in [1.54, 1.807) is 11.1 Å². The van der Waals surface area contributed by atoms with Gasteiger partial charge in [0.2, 0.25) is 5.91 Å². The Kier molecular flexibility index (Phi) is 4.59. The van der Waals surface area contributed by atoms with Crippen molar-refractivity contribution >= 4 is 11.9 Å². The number of amides is 3. The van der Waals surface area contributed by atoms with Crippen LogP contribution in [0, 0.1) is 5.92 Å². The van der Waals surface area contributed by atoms with E-state index in [1.807, 2.05) is 23.1 Å². The smallest absolute Gasteiger partial charge is 0.318 e. The predicted octanol–water partition coefficient (Wildman–Crippen LogP) is 2.33. The van der Waals surface area contributed by atoms with Gasteiger partial charge in [-0.15, -0.1) is 0 Å². The molecule has 0 bridgehead atoms. The van der Waals surface area contributed by atoms with E-state index in [4.69, 9.17) is 0 Å². The first-order valence-corrected chi connectivity index (χ1v) is 9.48. The summed E-state index contributed by atoms with van der Waals surface area (Å²) in [4.78, 5) is 33.2. The van der Waals surface area contributed by atoms with Gasteiger partial charge >= 0.3 is 6.03 Å². The van der Waals surface area contributed by atoms with Crippen LogP contribution in [0.15, 0.2) is 24.4 Å². The Morgan fingerprint density at radius 1 is 1.16 bits per heavy atom. The third kappa shape index (κ3) is 3.62. The van der Waals surface area contributed by atoms with Gasteiger partial charge in [0, 0.05) is 25.3 Å². The minimum atomic E-state index is -0.133. The highest BCUT2D eigenvalue weighted by atomic mass is 16.2. The zero-order valence-electron chi connectivity index (χ0n) is 14.6. The monoisotopic (exact) mass is 342 g/mol. The van der Waals surface area contributed by atoms with Crippen LogP contribution in [0.3, 0.4) is 0 Å². The molecule has 134 valence electrons. The highest BCUT2D eigenvalue weighted by Gasteiger charge is 2.37. The van der Waals surface area contributed by atoms with Gasteiger partial charge in [-0.25, -0.2) is 4.79 Å². The van der Waals surface area contributed by atoms with E-state index in [2.05, 4.69) is 10.3 Å². The van der Waals surface area contributed by atoms with Crippen LogP contribution in [0.25, 0.3) is 0 Å². The van der Waals surface area contributed by atoms with Crippen molar-refractivity contribution in [3.63, 3.8) is 0 Å². The Bertz CT molecular complexity index is 626. The normalized spacial score (nSPS) is 23.0. The van der Waals surface area contributed by atoms with Crippen LogP contribution >= 0.6 is 0 Å². The molecule has 0 spiro atoms. The molecule has 3 amide bonds. The average Bonchev–Trinajstić information content (AvgIpc) is 3.34. The van der Waals surface area contributed by atoms with Crippen molar-refractivity contribution in [1.82, 2.24) is 20.1 Å². The standard InChI is InChI=1S/C19H26N4O2/c24-17-13-22(11-12-23(17)15-8-9-15)19(25)21-18(14-5-1-2-6-14)16-7-3-4-10-20-16/h3-4,7,10,14-15,18H,1-2,5-6,8-9,11-13H2,(H,21,25)/t18-/m0/s1. The predicted molar refractivity (Wildman–Crippen MR) is 93.8 cm³/mol. The minimum Gasteiger partial charge on any atom is -0.336 e. The maximum atomic E-state index is 12.8. The van der Waals surface area contributed by atoms with Crippen molar-refractivity contribution in [2.45, 2.75) is 50.6 Å². The number of hydrogen-bond donors (Lipinski definition) is 1.